The molecule has 0 atom stereocenters. The Morgan fingerprint density at radius 2 is 1.86 bits per heavy atom. The lowest BCUT2D eigenvalue weighted by Crippen LogP contribution is -2.57. The summed E-state index contributed by atoms with van der Waals surface area (Å²) in [4.78, 5) is 25.0. The fourth-order valence-electron chi connectivity index (χ4n) is 2.70. The molecule has 120 valence electrons. The van der Waals surface area contributed by atoms with Gasteiger partial charge in [0.1, 0.15) is 5.82 Å². The number of hydrogen-bond acceptors (Lipinski definition) is 2. The van der Waals surface area contributed by atoms with Crippen LogP contribution in [0.25, 0.3) is 0 Å². The van der Waals surface area contributed by atoms with Crippen LogP contribution in [0.3, 0.4) is 0 Å². The zero-order valence-electron chi connectivity index (χ0n) is 13.4. The summed E-state index contributed by atoms with van der Waals surface area (Å²) in [5.74, 6) is -1.04. The Labute approximate surface area is 130 Å². The molecule has 1 N–H and O–H groups in total. The van der Waals surface area contributed by atoms with Gasteiger partial charge >= 0.3 is 0 Å². The Morgan fingerprint density at radius 1 is 1.23 bits per heavy atom. The van der Waals surface area contributed by atoms with E-state index < -0.39 is 17.3 Å². The lowest BCUT2D eigenvalue weighted by atomic mass is 10.0. The highest BCUT2D eigenvalue weighted by Gasteiger charge is 2.34. The monoisotopic (exact) mass is 306 g/mol. The van der Waals surface area contributed by atoms with Crippen molar-refractivity contribution in [2.24, 2.45) is 5.92 Å². The summed E-state index contributed by atoms with van der Waals surface area (Å²) in [5, 5.41) is 1.40. The maximum Gasteiger partial charge on any atom is 0.269 e. The molecule has 0 bridgehead atoms. The molecule has 1 aliphatic rings. The molecule has 0 aliphatic heterocycles. The van der Waals surface area contributed by atoms with Crippen LogP contribution in [0.4, 0.5) is 4.39 Å². The highest BCUT2D eigenvalue weighted by atomic mass is 19.1. The number of carbonyl (C=O) groups excluding carboxylic acids is 2. The van der Waals surface area contributed by atoms with Crippen molar-refractivity contribution in [2.45, 2.75) is 52.0 Å². The van der Waals surface area contributed by atoms with Gasteiger partial charge in [-0.05, 0) is 51.8 Å². The van der Waals surface area contributed by atoms with Crippen molar-refractivity contribution in [3.63, 3.8) is 0 Å². The summed E-state index contributed by atoms with van der Waals surface area (Å²) < 4.78 is 13.2. The molecule has 2 rings (SSSR count). The summed E-state index contributed by atoms with van der Waals surface area (Å²) in [6.45, 7) is 5.60. The van der Waals surface area contributed by atoms with Gasteiger partial charge in [-0.2, -0.15) is 0 Å². The second-order valence-corrected chi connectivity index (χ2v) is 6.78. The van der Waals surface area contributed by atoms with Gasteiger partial charge in [0.15, 0.2) is 0 Å². The van der Waals surface area contributed by atoms with Gasteiger partial charge in [0, 0.05) is 11.5 Å². The van der Waals surface area contributed by atoms with Crippen molar-refractivity contribution in [2.75, 3.05) is 0 Å². The summed E-state index contributed by atoms with van der Waals surface area (Å²) in [7, 11) is 0. The fraction of sp³-hybridized carbons (Fsp3) is 0.529. The quantitative estimate of drug-likeness (QED) is 0.852. The van der Waals surface area contributed by atoms with Gasteiger partial charge in [-0.1, -0.05) is 18.9 Å². The van der Waals surface area contributed by atoms with Crippen molar-refractivity contribution in [1.29, 1.82) is 0 Å². The number of hydrazine groups is 1. The van der Waals surface area contributed by atoms with Crippen LogP contribution in [-0.2, 0) is 4.79 Å². The van der Waals surface area contributed by atoms with Gasteiger partial charge in [0.05, 0.1) is 5.54 Å². The number of amides is 2. The third kappa shape index (κ3) is 3.84. The van der Waals surface area contributed by atoms with Gasteiger partial charge in [0.25, 0.3) is 5.91 Å². The van der Waals surface area contributed by atoms with Crippen LogP contribution in [0.2, 0.25) is 0 Å². The van der Waals surface area contributed by atoms with Gasteiger partial charge in [-0.3, -0.25) is 15.0 Å². The maximum atomic E-state index is 13.2. The lowest BCUT2D eigenvalue weighted by Gasteiger charge is -2.37. The third-order valence-electron chi connectivity index (χ3n) is 3.90. The van der Waals surface area contributed by atoms with Gasteiger partial charge < -0.3 is 0 Å². The average Bonchev–Trinajstić information content (AvgIpc) is 2.96. The van der Waals surface area contributed by atoms with Crippen LogP contribution < -0.4 is 5.43 Å². The highest BCUT2D eigenvalue weighted by Crippen LogP contribution is 2.28. The molecule has 4 nitrogen and oxygen atoms in total. The number of nitrogens with zero attached hydrogens (tertiary/aromatic N) is 1. The van der Waals surface area contributed by atoms with E-state index >= 15 is 0 Å². The first-order chi connectivity index (χ1) is 10.3. The van der Waals surface area contributed by atoms with E-state index in [2.05, 4.69) is 5.43 Å². The van der Waals surface area contributed by atoms with Crippen LogP contribution in [0.15, 0.2) is 24.3 Å². The highest BCUT2D eigenvalue weighted by molar-refractivity contribution is 5.95. The second-order valence-electron chi connectivity index (χ2n) is 6.78. The molecule has 0 radical (unpaired) electrons. The zero-order valence-corrected chi connectivity index (χ0v) is 13.4. The Hall–Kier alpha value is -1.91. The number of rotatable bonds is 2. The summed E-state index contributed by atoms with van der Waals surface area (Å²) in [6.07, 6.45) is 3.82. The van der Waals surface area contributed by atoms with Gasteiger partial charge in [-0.15, -0.1) is 0 Å². The molecular weight excluding hydrogens is 283 g/mol. The standard InChI is InChI=1S/C17H23FN2O2/c1-17(2,3)20(16(22)12-7-4-5-8-12)19-15(21)13-9-6-10-14(18)11-13/h6,9-12H,4-5,7-8H2,1-3H3,(H,19,21). The predicted octanol–water partition coefficient (Wildman–Crippen LogP) is 3.29. The van der Waals surface area contributed by atoms with Crippen molar-refractivity contribution < 1.29 is 14.0 Å². The Bertz CT molecular complexity index is 560. The largest absolute Gasteiger partial charge is 0.273 e. The number of nitrogens with one attached hydrogen (secondary N) is 1. The average molecular weight is 306 g/mol. The summed E-state index contributed by atoms with van der Waals surface area (Å²) in [6, 6.07) is 5.45. The third-order valence-corrected chi connectivity index (χ3v) is 3.90. The van der Waals surface area contributed by atoms with E-state index in [0.717, 1.165) is 31.7 Å². The molecule has 0 unspecified atom stereocenters. The molecule has 1 fully saturated rings. The smallest absolute Gasteiger partial charge is 0.269 e. The van der Waals surface area contributed by atoms with Crippen molar-refractivity contribution in [3.05, 3.63) is 35.6 Å². The normalized spacial score (nSPS) is 15.6. The first-order valence-electron chi connectivity index (χ1n) is 7.69. The van der Waals surface area contributed by atoms with E-state index in [-0.39, 0.29) is 17.4 Å². The molecule has 22 heavy (non-hydrogen) atoms. The first-order valence-corrected chi connectivity index (χ1v) is 7.69. The fourth-order valence-corrected chi connectivity index (χ4v) is 2.70. The van der Waals surface area contributed by atoms with Crippen molar-refractivity contribution >= 4 is 11.8 Å². The van der Waals surface area contributed by atoms with Crippen LogP contribution in [0.1, 0.15) is 56.8 Å². The maximum absolute atomic E-state index is 13.2. The van der Waals surface area contributed by atoms with Crippen LogP contribution in [-0.4, -0.2) is 22.4 Å². The van der Waals surface area contributed by atoms with E-state index in [0.29, 0.717) is 0 Å². The number of benzene rings is 1. The Balaban J connectivity index is 2.16. The lowest BCUT2D eigenvalue weighted by molar-refractivity contribution is -0.143. The van der Waals surface area contributed by atoms with Crippen LogP contribution in [0.5, 0.6) is 0 Å². The minimum atomic E-state index is -0.539. The predicted molar refractivity (Wildman–Crippen MR) is 82.4 cm³/mol. The van der Waals surface area contributed by atoms with Gasteiger partial charge in [0.2, 0.25) is 5.91 Å². The van der Waals surface area contributed by atoms with Crippen LogP contribution >= 0.6 is 0 Å². The number of halogens is 1. The molecule has 0 aromatic heterocycles. The molecule has 1 aromatic carbocycles. The van der Waals surface area contributed by atoms with E-state index in [4.69, 9.17) is 0 Å². The first kappa shape index (κ1) is 16.5. The van der Waals surface area contributed by atoms with Crippen molar-refractivity contribution in [1.82, 2.24) is 10.4 Å². The SMILES string of the molecule is CC(C)(C)N(NC(=O)c1cccc(F)c1)C(=O)C1CCCC1. The van der Waals surface area contributed by atoms with E-state index in [1.54, 1.807) is 0 Å². The topological polar surface area (TPSA) is 49.4 Å². The summed E-state index contributed by atoms with van der Waals surface area (Å²) >= 11 is 0. The van der Waals surface area contributed by atoms with Crippen LogP contribution in [0, 0.1) is 11.7 Å². The zero-order chi connectivity index (χ0) is 16.3. The molecular formula is C17H23FN2O2. The Morgan fingerprint density at radius 3 is 2.41 bits per heavy atom. The molecule has 5 heteroatoms. The van der Waals surface area contributed by atoms with E-state index in [1.165, 1.54) is 23.2 Å². The minimum absolute atomic E-state index is 0.0352. The molecule has 2 amide bonds. The van der Waals surface area contributed by atoms with E-state index in [9.17, 15) is 14.0 Å². The molecule has 0 saturated heterocycles. The molecule has 0 heterocycles. The van der Waals surface area contributed by atoms with E-state index in [1.807, 2.05) is 20.8 Å². The molecule has 1 aromatic rings. The molecule has 1 saturated carbocycles. The number of carbonyl (C=O) groups is 2. The summed E-state index contributed by atoms with van der Waals surface area (Å²) in [5.41, 5.74) is 2.32. The van der Waals surface area contributed by atoms with Gasteiger partial charge in [-0.25, -0.2) is 9.40 Å². The second kappa shape index (κ2) is 6.46. The molecule has 0 spiro atoms. The Kier molecular flexibility index (Phi) is 4.84. The van der Waals surface area contributed by atoms with Crippen molar-refractivity contribution in [3.8, 4) is 0 Å². The minimum Gasteiger partial charge on any atom is -0.273 e. The number of hydrogen-bond donors (Lipinski definition) is 1. The molecule has 1 aliphatic carbocycles.